The zero-order valence-corrected chi connectivity index (χ0v) is 12.0. The number of nitrogens with zero attached hydrogens (tertiary/aromatic N) is 3. The molecular formula is C17H15N3O. The first-order chi connectivity index (χ1) is 10.2. The van der Waals surface area contributed by atoms with E-state index in [9.17, 15) is 0 Å². The van der Waals surface area contributed by atoms with Crippen LogP contribution in [0.4, 0.5) is 5.69 Å². The third kappa shape index (κ3) is 1.65. The van der Waals surface area contributed by atoms with Gasteiger partial charge in [-0.2, -0.15) is 0 Å². The van der Waals surface area contributed by atoms with E-state index >= 15 is 0 Å². The average Bonchev–Trinajstić information content (AvgIpc) is 3.01. The summed E-state index contributed by atoms with van der Waals surface area (Å²) in [5.41, 5.74) is 3.69. The lowest BCUT2D eigenvalue weighted by Crippen LogP contribution is -2.26. The molecular weight excluding hydrogens is 262 g/mol. The predicted octanol–water partition coefficient (Wildman–Crippen LogP) is 3.84. The smallest absolute Gasteiger partial charge is 0.227 e. The molecule has 0 bridgehead atoms. The van der Waals surface area contributed by atoms with Crippen LogP contribution >= 0.6 is 0 Å². The molecule has 2 radical (unpaired) electrons. The number of hydrogen-bond acceptors (Lipinski definition) is 4. The lowest BCUT2D eigenvalue weighted by molar-refractivity contribution is 0.517. The van der Waals surface area contributed by atoms with E-state index in [2.05, 4.69) is 35.9 Å². The Morgan fingerprint density at radius 3 is 2.76 bits per heavy atom. The van der Waals surface area contributed by atoms with Crippen LogP contribution in [0.25, 0.3) is 22.1 Å². The molecule has 0 spiro atoms. The van der Waals surface area contributed by atoms with Crippen molar-refractivity contribution in [1.29, 1.82) is 0 Å². The van der Waals surface area contributed by atoms with Crippen LogP contribution in [0.2, 0.25) is 0 Å². The van der Waals surface area contributed by atoms with Crippen LogP contribution in [0.5, 0.6) is 0 Å². The zero-order valence-electron chi connectivity index (χ0n) is 12.0. The van der Waals surface area contributed by atoms with Crippen LogP contribution in [0.1, 0.15) is 5.56 Å². The molecule has 0 unspecified atom stereocenters. The summed E-state index contributed by atoms with van der Waals surface area (Å²) in [5.74, 6) is 0. The van der Waals surface area contributed by atoms with Gasteiger partial charge in [-0.1, -0.05) is 12.1 Å². The summed E-state index contributed by atoms with van der Waals surface area (Å²) in [6.45, 7) is 6.21. The van der Waals surface area contributed by atoms with Gasteiger partial charge in [0, 0.05) is 36.4 Å². The molecule has 21 heavy (non-hydrogen) atoms. The number of aromatic nitrogens is 1. The van der Waals surface area contributed by atoms with E-state index in [0.717, 1.165) is 33.8 Å². The summed E-state index contributed by atoms with van der Waals surface area (Å²) >= 11 is 0. The molecule has 0 saturated heterocycles. The Bertz CT molecular complexity index is 865. The van der Waals surface area contributed by atoms with Crippen molar-refractivity contribution in [2.75, 3.05) is 11.9 Å². The van der Waals surface area contributed by atoms with Crippen molar-refractivity contribution in [2.45, 2.75) is 6.92 Å². The number of furan rings is 1. The Balaban J connectivity index is 2.04. The maximum atomic E-state index is 6.01. The highest BCUT2D eigenvalue weighted by molar-refractivity contribution is 6.08. The molecule has 0 aliphatic carbocycles. The molecule has 1 aromatic carbocycles. The van der Waals surface area contributed by atoms with Crippen molar-refractivity contribution < 1.29 is 4.42 Å². The number of aryl methyl sites for hydroxylation is 1. The molecule has 0 saturated carbocycles. The Hall–Kier alpha value is -2.49. The molecule has 4 nitrogen and oxygen atoms in total. The number of pyridine rings is 1. The third-order valence-electron chi connectivity index (χ3n) is 3.96. The van der Waals surface area contributed by atoms with Crippen molar-refractivity contribution in [3.05, 3.63) is 61.5 Å². The van der Waals surface area contributed by atoms with Gasteiger partial charge in [0.05, 0.1) is 5.69 Å². The summed E-state index contributed by atoms with van der Waals surface area (Å²) in [6.07, 6.45) is 6.64. The van der Waals surface area contributed by atoms with Gasteiger partial charge in [0.1, 0.15) is 0 Å². The van der Waals surface area contributed by atoms with Crippen LogP contribution in [0, 0.1) is 20.0 Å². The van der Waals surface area contributed by atoms with Gasteiger partial charge in [-0.15, -0.1) is 0 Å². The molecule has 1 aliphatic heterocycles. The number of hydrogen-bond donors (Lipinski definition) is 0. The molecule has 3 heterocycles. The second kappa shape index (κ2) is 4.25. The van der Waals surface area contributed by atoms with Crippen LogP contribution < -0.4 is 4.90 Å². The fourth-order valence-corrected chi connectivity index (χ4v) is 2.77. The minimum atomic E-state index is 0.668. The van der Waals surface area contributed by atoms with Gasteiger partial charge in [-0.05, 0) is 31.5 Å². The number of fused-ring (bicyclic) bond motifs is 3. The molecule has 0 amide bonds. The SMILES string of the molecule is [CH2][C]1N(C)C=CN1c1c(C)ccc2c1oc1ncccc12. The van der Waals surface area contributed by atoms with Crippen molar-refractivity contribution in [3.8, 4) is 0 Å². The monoisotopic (exact) mass is 277 g/mol. The maximum Gasteiger partial charge on any atom is 0.227 e. The van der Waals surface area contributed by atoms with Gasteiger partial charge < -0.3 is 14.2 Å². The van der Waals surface area contributed by atoms with Crippen molar-refractivity contribution in [3.63, 3.8) is 0 Å². The highest BCUT2D eigenvalue weighted by Gasteiger charge is 2.26. The molecule has 3 aromatic rings. The Labute approximate surface area is 123 Å². The summed E-state index contributed by atoms with van der Waals surface area (Å²) in [5, 5.41) is 2.12. The van der Waals surface area contributed by atoms with Gasteiger partial charge >= 0.3 is 0 Å². The fourth-order valence-electron chi connectivity index (χ4n) is 2.77. The van der Waals surface area contributed by atoms with Gasteiger partial charge in [0.2, 0.25) is 5.71 Å². The van der Waals surface area contributed by atoms with Crippen molar-refractivity contribution in [1.82, 2.24) is 9.88 Å². The quantitative estimate of drug-likeness (QED) is 0.676. The molecule has 4 rings (SSSR count). The zero-order chi connectivity index (χ0) is 14.6. The first kappa shape index (κ1) is 12.3. The van der Waals surface area contributed by atoms with Gasteiger partial charge in [-0.25, -0.2) is 4.98 Å². The average molecular weight is 277 g/mol. The van der Waals surface area contributed by atoms with Gasteiger partial charge in [-0.3, -0.25) is 0 Å². The van der Waals surface area contributed by atoms with E-state index in [1.165, 1.54) is 0 Å². The normalized spacial score (nSPS) is 15.8. The molecule has 4 heteroatoms. The standard InChI is InChI=1S/C17H15N3O/c1-11-6-7-13-14-5-4-8-18-17(14)21-16(13)15(11)20-10-9-19(3)12(20)2/h4-10H,2H2,1,3H3. The molecule has 2 aromatic heterocycles. The van der Waals surface area contributed by atoms with E-state index in [1.54, 1.807) is 6.20 Å². The Morgan fingerprint density at radius 2 is 2.00 bits per heavy atom. The van der Waals surface area contributed by atoms with Crippen LogP contribution in [-0.2, 0) is 0 Å². The second-order valence-electron chi connectivity index (χ2n) is 5.26. The van der Waals surface area contributed by atoms with E-state index in [4.69, 9.17) is 4.42 Å². The largest absolute Gasteiger partial charge is 0.435 e. The topological polar surface area (TPSA) is 32.5 Å². The van der Waals surface area contributed by atoms with E-state index in [-0.39, 0.29) is 0 Å². The molecule has 0 atom stereocenters. The highest BCUT2D eigenvalue weighted by atomic mass is 16.3. The van der Waals surface area contributed by atoms with Crippen LogP contribution in [-0.4, -0.2) is 16.9 Å². The van der Waals surface area contributed by atoms with Crippen molar-refractivity contribution in [2.24, 2.45) is 0 Å². The number of rotatable bonds is 1. The van der Waals surface area contributed by atoms with E-state index < -0.39 is 0 Å². The highest BCUT2D eigenvalue weighted by Crippen LogP contribution is 2.40. The number of benzene rings is 1. The van der Waals surface area contributed by atoms with Crippen LogP contribution in [0.15, 0.2) is 47.3 Å². The Morgan fingerprint density at radius 1 is 1.14 bits per heavy atom. The lowest BCUT2D eigenvalue weighted by Gasteiger charge is -2.26. The molecule has 0 N–H and O–H groups in total. The minimum absolute atomic E-state index is 0.668. The molecule has 0 fully saturated rings. The molecule has 104 valence electrons. The third-order valence-corrected chi connectivity index (χ3v) is 3.96. The fraction of sp³-hybridized carbons (Fsp3) is 0.118. The van der Waals surface area contributed by atoms with Crippen LogP contribution in [0.3, 0.4) is 0 Å². The Kier molecular flexibility index (Phi) is 2.48. The predicted molar refractivity (Wildman–Crippen MR) is 84.2 cm³/mol. The summed E-state index contributed by atoms with van der Waals surface area (Å²) in [4.78, 5) is 8.35. The maximum absolute atomic E-state index is 6.01. The lowest BCUT2D eigenvalue weighted by atomic mass is 10.1. The summed E-state index contributed by atoms with van der Waals surface area (Å²) in [7, 11) is 1.98. The van der Waals surface area contributed by atoms with E-state index in [1.807, 2.05) is 36.5 Å². The van der Waals surface area contributed by atoms with Gasteiger partial charge in [0.25, 0.3) is 0 Å². The first-order valence-electron chi connectivity index (χ1n) is 6.83. The second-order valence-corrected chi connectivity index (χ2v) is 5.26. The first-order valence-corrected chi connectivity index (χ1v) is 6.83. The summed E-state index contributed by atoms with van der Waals surface area (Å²) < 4.78 is 6.01. The molecule has 1 aliphatic rings. The van der Waals surface area contributed by atoms with Crippen molar-refractivity contribution >= 4 is 27.8 Å². The minimum Gasteiger partial charge on any atom is -0.435 e. The summed E-state index contributed by atoms with van der Waals surface area (Å²) in [6, 6.07) is 8.17. The van der Waals surface area contributed by atoms with E-state index in [0.29, 0.717) is 5.71 Å². The van der Waals surface area contributed by atoms with Gasteiger partial charge in [0.15, 0.2) is 11.7 Å². The number of anilines is 1.